The normalized spacial score (nSPS) is 11.3. The molecule has 0 aliphatic rings. The highest BCUT2D eigenvalue weighted by atomic mass is 79.9. The lowest BCUT2D eigenvalue weighted by atomic mass is 10.2. The Morgan fingerprint density at radius 2 is 2.11 bits per heavy atom. The molecule has 0 bridgehead atoms. The van der Waals surface area contributed by atoms with Crippen LogP contribution in [0.1, 0.15) is 20.8 Å². The molecule has 0 atom stereocenters. The summed E-state index contributed by atoms with van der Waals surface area (Å²) in [7, 11) is 0. The summed E-state index contributed by atoms with van der Waals surface area (Å²) < 4.78 is 11.2. The average Bonchev–Trinajstić information content (AvgIpc) is 2.24. The van der Waals surface area contributed by atoms with Crippen molar-refractivity contribution < 1.29 is 14.4 Å². The minimum atomic E-state index is -0.530. The molecule has 1 aromatic heterocycles. The summed E-state index contributed by atoms with van der Waals surface area (Å²) in [5.74, 6) is 0.000657. The Hall–Kier alpha value is -1.21. The number of aromatic nitrogens is 1. The van der Waals surface area contributed by atoms with Crippen molar-refractivity contribution in [2.75, 3.05) is 13.2 Å². The van der Waals surface area contributed by atoms with Crippen LogP contribution in [0.4, 0.5) is 5.69 Å². The Labute approximate surface area is 114 Å². The van der Waals surface area contributed by atoms with Crippen LogP contribution in [0.2, 0.25) is 0 Å². The molecule has 0 N–H and O–H groups in total. The topological polar surface area (TPSA) is 74.5 Å². The Bertz CT molecular complexity index is 432. The molecule has 1 heterocycles. The van der Waals surface area contributed by atoms with E-state index in [1.165, 1.54) is 12.3 Å². The van der Waals surface area contributed by atoms with Crippen LogP contribution in [-0.4, -0.2) is 28.7 Å². The second-order valence-corrected chi connectivity index (χ2v) is 5.46. The summed E-state index contributed by atoms with van der Waals surface area (Å²) >= 11 is 3.13. The monoisotopic (exact) mass is 318 g/mol. The van der Waals surface area contributed by atoms with Crippen molar-refractivity contribution >= 4 is 21.6 Å². The maximum Gasteiger partial charge on any atom is 0.332 e. The van der Waals surface area contributed by atoms with Crippen molar-refractivity contribution in [2.45, 2.75) is 26.4 Å². The maximum atomic E-state index is 10.8. The van der Waals surface area contributed by atoms with Gasteiger partial charge in [0.05, 0.1) is 17.1 Å². The third-order valence-corrected chi connectivity index (χ3v) is 2.29. The molecule has 0 aliphatic heterocycles. The third kappa shape index (κ3) is 4.97. The van der Waals surface area contributed by atoms with Crippen LogP contribution in [0.15, 0.2) is 16.7 Å². The van der Waals surface area contributed by atoms with Crippen LogP contribution >= 0.6 is 15.9 Å². The van der Waals surface area contributed by atoms with Gasteiger partial charge in [-0.25, -0.2) is 4.98 Å². The van der Waals surface area contributed by atoms with Gasteiger partial charge >= 0.3 is 5.69 Å². The molecule has 0 radical (unpaired) electrons. The van der Waals surface area contributed by atoms with Crippen molar-refractivity contribution in [3.63, 3.8) is 0 Å². The van der Waals surface area contributed by atoms with E-state index in [-0.39, 0.29) is 23.8 Å². The lowest BCUT2D eigenvalue weighted by Crippen LogP contribution is -2.22. The highest BCUT2D eigenvalue weighted by Gasteiger charge is 2.17. The highest BCUT2D eigenvalue weighted by molar-refractivity contribution is 9.10. The van der Waals surface area contributed by atoms with Gasteiger partial charge in [0.25, 0.3) is 5.88 Å². The molecular weight excluding hydrogens is 304 g/mol. The van der Waals surface area contributed by atoms with E-state index < -0.39 is 4.92 Å². The number of hydrogen-bond donors (Lipinski definition) is 0. The number of halogens is 1. The first kappa shape index (κ1) is 14.8. The fourth-order valence-electron chi connectivity index (χ4n) is 1.14. The SMILES string of the molecule is CC(C)(C)OCCOc1ncc(Br)cc1[N+](=O)[O-]. The van der Waals surface area contributed by atoms with E-state index in [0.717, 1.165) is 0 Å². The second kappa shape index (κ2) is 6.10. The fraction of sp³-hybridized carbons (Fsp3) is 0.545. The van der Waals surface area contributed by atoms with Gasteiger partial charge in [0.1, 0.15) is 6.61 Å². The molecule has 0 fully saturated rings. The van der Waals surface area contributed by atoms with Crippen molar-refractivity contribution in [1.29, 1.82) is 0 Å². The minimum absolute atomic E-state index is 0.000657. The number of hydrogen-bond acceptors (Lipinski definition) is 5. The number of nitrogens with zero attached hydrogens (tertiary/aromatic N) is 2. The van der Waals surface area contributed by atoms with Crippen LogP contribution in [0.5, 0.6) is 5.88 Å². The van der Waals surface area contributed by atoms with Crippen molar-refractivity contribution in [1.82, 2.24) is 4.98 Å². The first-order valence-electron chi connectivity index (χ1n) is 5.36. The predicted molar refractivity (Wildman–Crippen MR) is 69.8 cm³/mol. The van der Waals surface area contributed by atoms with Crippen LogP contribution < -0.4 is 4.74 Å². The van der Waals surface area contributed by atoms with Crippen molar-refractivity contribution in [3.8, 4) is 5.88 Å². The van der Waals surface area contributed by atoms with Gasteiger partial charge in [0.15, 0.2) is 0 Å². The van der Waals surface area contributed by atoms with Gasteiger partial charge in [-0.15, -0.1) is 0 Å². The smallest absolute Gasteiger partial charge is 0.332 e. The highest BCUT2D eigenvalue weighted by Crippen LogP contribution is 2.27. The van der Waals surface area contributed by atoms with Gasteiger partial charge in [-0.2, -0.15) is 0 Å². The van der Waals surface area contributed by atoms with E-state index >= 15 is 0 Å². The van der Waals surface area contributed by atoms with E-state index in [2.05, 4.69) is 20.9 Å². The molecule has 1 aromatic rings. The quantitative estimate of drug-likeness (QED) is 0.474. The van der Waals surface area contributed by atoms with Gasteiger partial charge in [0, 0.05) is 16.7 Å². The molecule has 0 saturated heterocycles. The molecule has 100 valence electrons. The minimum Gasteiger partial charge on any atom is -0.470 e. The fourth-order valence-corrected chi connectivity index (χ4v) is 1.46. The molecule has 0 aromatic carbocycles. The number of rotatable bonds is 5. The van der Waals surface area contributed by atoms with Crippen molar-refractivity contribution in [2.24, 2.45) is 0 Å². The molecule has 1 rings (SSSR count). The number of nitro groups is 1. The van der Waals surface area contributed by atoms with E-state index in [1.54, 1.807) is 0 Å². The van der Waals surface area contributed by atoms with Gasteiger partial charge in [-0.3, -0.25) is 10.1 Å². The van der Waals surface area contributed by atoms with Crippen LogP contribution in [0.25, 0.3) is 0 Å². The van der Waals surface area contributed by atoms with E-state index in [0.29, 0.717) is 11.1 Å². The Balaban J connectivity index is 2.59. The van der Waals surface area contributed by atoms with Gasteiger partial charge < -0.3 is 9.47 Å². The zero-order valence-corrected chi connectivity index (χ0v) is 12.1. The summed E-state index contributed by atoms with van der Waals surface area (Å²) in [4.78, 5) is 14.1. The average molecular weight is 319 g/mol. The summed E-state index contributed by atoms with van der Waals surface area (Å²) in [6.45, 7) is 6.33. The van der Waals surface area contributed by atoms with Crippen LogP contribution in [-0.2, 0) is 4.74 Å². The van der Waals surface area contributed by atoms with E-state index in [9.17, 15) is 10.1 Å². The number of ether oxygens (including phenoxy) is 2. The number of pyridine rings is 1. The van der Waals surface area contributed by atoms with Gasteiger partial charge in [-0.1, -0.05) is 0 Å². The molecule has 0 amide bonds. The predicted octanol–water partition coefficient (Wildman–Crippen LogP) is 2.95. The first-order chi connectivity index (χ1) is 8.29. The van der Waals surface area contributed by atoms with Gasteiger partial charge in [-0.05, 0) is 36.7 Å². The van der Waals surface area contributed by atoms with Crippen molar-refractivity contribution in [3.05, 3.63) is 26.9 Å². The molecule has 0 saturated carbocycles. The maximum absolute atomic E-state index is 10.8. The standard InChI is InChI=1S/C11H15BrN2O4/c1-11(2,3)18-5-4-17-10-9(14(15)16)6-8(12)7-13-10/h6-7H,4-5H2,1-3H3. The van der Waals surface area contributed by atoms with Crippen LogP contribution in [0, 0.1) is 10.1 Å². The molecule has 6 nitrogen and oxygen atoms in total. The lowest BCUT2D eigenvalue weighted by Gasteiger charge is -2.19. The molecule has 18 heavy (non-hydrogen) atoms. The van der Waals surface area contributed by atoms with Gasteiger partial charge in [0.2, 0.25) is 0 Å². The Morgan fingerprint density at radius 1 is 1.44 bits per heavy atom. The first-order valence-corrected chi connectivity index (χ1v) is 6.15. The van der Waals surface area contributed by atoms with E-state index in [1.807, 2.05) is 20.8 Å². The third-order valence-electron chi connectivity index (χ3n) is 1.85. The Kier molecular flexibility index (Phi) is 5.03. The Morgan fingerprint density at radius 3 is 2.67 bits per heavy atom. The second-order valence-electron chi connectivity index (χ2n) is 4.54. The largest absolute Gasteiger partial charge is 0.470 e. The molecule has 0 spiro atoms. The summed E-state index contributed by atoms with van der Waals surface area (Å²) in [6.07, 6.45) is 1.45. The summed E-state index contributed by atoms with van der Waals surface area (Å²) in [5.41, 5.74) is -0.428. The zero-order valence-electron chi connectivity index (χ0n) is 10.5. The summed E-state index contributed by atoms with van der Waals surface area (Å²) in [6, 6.07) is 1.35. The molecule has 0 unspecified atom stereocenters. The zero-order chi connectivity index (χ0) is 13.8. The lowest BCUT2D eigenvalue weighted by molar-refractivity contribution is -0.386. The summed E-state index contributed by atoms with van der Waals surface area (Å²) in [5, 5.41) is 10.8. The molecular formula is C11H15BrN2O4. The van der Waals surface area contributed by atoms with E-state index in [4.69, 9.17) is 9.47 Å². The van der Waals surface area contributed by atoms with Crippen LogP contribution in [0.3, 0.4) is 0 Å². The molecule has 0 aliphatic carbocycles. The molecule has 7 heteroatoms.